The lowest BCUT2D eigenvalue weighted by Gasteiger charge is -2.13. The number of nitrogens with one attached hydrogen (secondary N) is 2. The van der Waals surface area contributed by atoms with E-state index in [1.807, 2.05) is 31.2 Å². The van der Waals surface area contributed by atoms with E-state index in [0.717, 1.165) is 17.2 Å². The third-order valence-corrected chi connectivity index (χ3v) is 3.63. The topological polar surface area (TPSA) is 62.7 Å². The highest BCUT2D eigenvalue weighted by Gasteiger charge is 2.33. The van der Waals surface area contributed by atoms with Crippen LogP contribution in [0, 0.1) is 6.92 Å². The number of aryl methyl sites for hydroxylation is 1. The molecule has 2 aromatic carbocycles. The molecule has 2 N–H and O–H groups in total. The van der Waals surface area contributed by atoms with E-state index in [9.17, 15) is 13.2 Å². The van der Waals surface area contributed by atoms with Gasteiger partial charge in [-0.2, -0.15) is 23.3 Å². The van der Waals surface area contributed by atoms with Gasteiger partial charge in [0.1, 0.15) is 0 Å². The molecule has 5 nitrogen and oxygen atoms in total. The minimum atomic E-state index is -4.47. The number of para-hydroxylation sites is 1. The van der Waals surface area contributed by atoms with E-state index in [0.29, 0.717) is 12.4 Å². The first-order valence-corrected chi connectivity index (χ1v) is 7.84. The smallest absolute Gasteiger partial charge is 0.365 e. The third-order valence-electron chi connectivity index (χ3n) is 3.63. The van der Waals surface area contributed by atoms with Crippen LogP contribution in [-0.4, -0.2) is 15.2 Å². The summed E-state index contributed by atoms with van der Waals surface area (Å²) in [6.07, 6.45) is -3.06. The summed E-state index contributed by atoms with van der Waals surface area (Å²) >= 11 is 0. The van der Waals surface area contributed by atoms with Crippen molar-refractivity contribution < 1.29 is 13.2 Å². The van der Waals surface area contributed by atoms with Crippen molar-refractivity contribution in [3.05, 3.63) is 71.4 Å². The Hall–Kier alpha value is -3.16. The lowest BCUT2D eigenvalue weighted by Crippen LogP contribution is -2.10. The molecule has 1 aromatic heterocycles. The number of benzene rings is 2. The molecule has 0 saturated heterocycles. The van der Waals surface area contributed by atoms with Crippen molar-refractivity contribution in [3.63, 3.8) is 0 Å². The fourth-order valence-corrected chi connectivity index (χ4v) is 2.30. The van der Waals surface area contributed by atoms with Gasteiger partial charge in [-0.1, -0.05) is 42.0 Å². The van der Waals surface area contributed by atoms with Crippen LogP contribution in [-0.2, 0) is 12.7 Å². The summed E-state index contributed by atoms with van der Waals surface area (Å²) in [7, 11) is 0. The Morgan fingerprint density at radius 2 is 1.73 bits per heavy atom. The van der Waals surface area contributed by atoms with Gasteiger partial charge in [0.25, 0.3) is 0 Å². The van der Waals surface area contributed by atoms with E-state index >= 15 is 0 Å². The minimum absolute atomic E-state index is 0.0180. The normalized spacial score (nSPS) is 11.2. The number of hydrogen-bond donors (Lipinski definition) is 2. The standard InChI is InChI=1S/C18H16F3N5/c1-12-6-8-13(9-7-12)10-22-16-11-23-26-17(25-16)24-15-5-3-2-4-14(15)18(19,20)21/h2-9,11H,10H2,1H3,(H2,22,24,25,26). The van der Waals surface area contributed by atoms with Crippen molar-refractivity contribution in [1.29, 1.82) is 0 Å². The Bertz CT molecular complexity index is 878. The number of alkyl halides is 3. The monoisotopic (exact) mass is 359 g/mol. The van der Waals surface area contributed by atoms with Gasteiger partial charge in [-0.25, -0.2) is 0 Å². The third kappa shape index (κ3) is 4.47. The van der Waals surface area contributed by atoms with Gasteiger partial charge in [0, 0.05) is 6.54 Å². The molecule has 0 atom stereocenters. The molecule has 0 aliphatic rings. The molecule has 0 bridgehead atoms. The van der Waals surface area contributed by atoms with Crippen LogP contribution in [0.2, 0.25) is 0 Å². The zero-order chi connectivity index (χ0) is 18.6. The van der Waals surface area contributed by atoms with Gasteiger partial charge in [-0.05, 0) is 24.6 Å². The molecule has 3 aromatic rings. The summed E-state index contributed by atoms with van der Waals surface area (Å²) < 4.78 is 39.2. The zero-order valence-electron chi connectivity index (χ0n) is 13.9. The summed E-state index contributed by atoms with van der Waals surface area (Å²) in [5.74, 6) is 0.392. The van der Waals surface area contributed by atoms with Crippen LogP contribution >= 0.6 is 0 Å². The maximum Gasteiger partial charge on any atom is 0.418 e. The largest absolute Gasteiger partial charge is 0.418 e. The number of rotatable bonds is 5. The number of anilines is 3. The zero-order valence-corrected chi connectivity index (χ0v) is 13.9. The van der Waals surface area contributed by atoms with Crippen molar-refractivity contribution in [1.82, 2.24) is 15.2 Å². The molecule has 0 aliphatic carbocycles. The van der Waals surface area contributed by atoms with Crippen LogP contribution < -0.4 is 10.6 Å². The second-order valence-corrected chi connectivity index (χ2v) is 5.67. The van der Waals surface area contributed by atoms with Crippen LogP contribution in [0.15, 0.2) is 54.7 Å². The van der Waals surface area contributed by atoms with E-state index in [4.69, 9.17) is 0 Å². The van der Waals surface area contributed by atoms with Crippen LogP contribution in [0.1, 0.15) is 16.7 Å². The fourth-order valence-electron chi connectivity index (χ4n) is 2.30. The maximum absolute atomic E-state index is 13.1. The predicted octanol–water partition coefficient (Wildman–Crippen LogP) is 4.55. The second-order valence-electron chi connectivity index (χ2n) is 5.67. The molecule has 0 spiro atoms. The van der Waals surface area contributed by atoms with Crippen LogP contribution in [0.5, 0.6) is 0 Å². The molecular weight excluding hydrogens is 343 g/mol. The average molecular weight is 359 g/mol. The average Bonchev–Trinajstić information content (AvgIpc) is 2.61. The second kappa shape index (κ2) is 7.38. The van der Waals surface area contributed by atoms with Crippen LogP contribution in [0.25, 0.3) is 0 Å². The summed E-state index contributed by atoms with van der Waals surface area (Å²) in [6, 6.07) is 13.1. The highest BCUT2D eigenvalue weighted by Crippen LogP contribution is 2.35. The highest BCUT2D eigenvalue weighted by atomic mass is 19.4. The Morgan fingerprint density at radius 3 is 2.46 bits per heavy atom. The van der Waals surface area contributed by atoms with Gasteiger partial charge in [-0.3, -0.25) is 0 Å². The van der Waals surface area contributed by atoms with Crippen molar-refractivity contribution in [2.75, 3.05) is 10.6 Å². The van der Waals surface area contributed by atoms with Crippen molar-refractivity contribution >= 4 is 17.5 Å². The van der Waals surface area contributed by atoms with Gasteiger partial charge in [0.2, 0.25) is 5.95 Å². The Labute approximate surface area is 148 Å². The van der Waals surface area contributed by atoms with Crippen molar-refractivity contribution in [2.24, 2.45) is 0 Å². The van der Waals surface area contributed by atoms with Gasteiger partial charge in [-0.15, -0.1) is 5.10 Å². The van der Waals surface area contributed by atoms with E-state index < -0.39 is 11.7 Å². The van der Waals surface area contributed by atoms with E-state index in [1.54, 1.807) is 0 Å². The summed E-state index contributed by atoms with van der Waals surface area (Å²) in [5.41, 5.74) is 1.29. The lowest BCUT2D eigenvalue weighted by atomic mass is 10.1. The van der Waals surface area contributed by atoms with Gasteiger partial charge >= 0.3 is 6.18 Å². The van der Waals surface area contributed by atoms with Gasteiger partial charge < -0.3 is 10.6 Å². The van der Waals surface area contributed by atoms with Crippen LogP contribution in [0.4, 0.5) is 30.6 Å². The number of nitrogens with zero attached hydrogens (tertiary/aromatic N) is 3. The summed E-state index contributed by atoms with van der Waals surface area (Å²) in [6.45, 7) is 2.51. The summed E-state index contributed by atoms with van der Waals surface area (Å²) in [4.78, 5) is 4.16. The molecule has 134 valence electrons. The first-order chi connectivity index (χ1) is 12.4. The molecule has 0 saturated carbocycles. The van der Waals surface area contributed by atoms with E-state index in [1.165, 1.54) is 24.4 Å². The summed E-state index contributed by atoms with van der Waals surface area (Å²) in [5, 5.41) is 13.2. The SMILES string of the molecule is Cc1ccc(CNc2cnnc(Nc3ccccc3C(F)(F)F)n2)cc1. The molecule has 1 heterocycles. The molecule has 0 aliphatic heterocycles. The molecule has 0 amide bonds. The number of aromatic nitrogens is 3. The molecule has 26 heavy (non-hydrogen) atoms. The molecule has 0 fully saturated rings. The van der Waals surface area contributed by atoms with E-state index in [2.05, 4.69) is 25.8 Å². The van der Waals surface area contributed by atoms with Gasteiger partial charge in [0.15, 0.2) is 5.82 Å². The van der Waals surface area contributed by atoms with Gasteiger partial charge in [0.05, 0.1) is 17.4 Å². The fraction of sp³-hybridized carbons (Fsp3) is 0.167. The quantitative estimate of drug-likeness (QED) is 0.699. The Balaban J connectivity index is 1.73. The van der Waals surface area contributed by atoms with Crippen molar-refractivity contribution in [3.8, 4) is 0 Å². The molecule has 8 heteroatoms. The highest BCUT2D eigenvalue weighted by molar-refractivity contribution is 5.59. The maximum atomic E-state index is 13.1. The predicted molar refractivity (Wildman–Crippen MR) is 93.1 cm³/mol. The molecule has 3 rings (SSSR count). The Morgan fingerprint density at radius 1 is 1.00 bits per heavy atom. The van der Waals surface area contributed by atoms with E-state index in [-0.39, 0.29) is 11.6 Å². The first-order valence-electron chi connectivity index (χ1n) is 7.84. The Kier molecular flexibility index (Phi) is 5.01. The minimum Gasteiger partial charge on any atom is -0.365 e. The molecule has 0 unspecified atom stereocenters. The van der Waals surface area contributed by atoms with Crippen molar-refractivity contribution in [2.45, 2.75) is 19.6 Å². The molecule has 0 radical (unpaired) electrons. The number of halogens is 3. The van der Waals surface area contributed by atoms with Crippen LogP contribution in [0.3, 0.4) is 0 Å². The number of hydrogen-bond acceptors (Lipinski definition) is 5. The first kappa shape index (κ1) is 17.7. The molecular formula is C18H16F3N5. The lowest BCUT2D eigenvalue weighted by molar-refractivity contribution is -0.136.